The van der Waals surface area contributed by atoms with Crippen LogP contribution in [0.3, 0.4) is 0 Å². The van der Waals surface area contributed by atoms with Gasteiger partial charge in [-0.05, 0) is 57.3 Å². The minimum absolute atomic E-state index is 0.231. The number of aryl methyl sites for hydroxylation is 2. The van der Waals surface area contributed by atoms with Gasteiger partial charge < -0.3 is 4.57 Å². The number of anilines is 1. The number of Topliss-reactive ketones (excluding diaryl/α,β-unsaturated/α-hetero) is 1. The molecule has 0 saturated carbocycles. The van der Waals surface area contributed by atoms with Gasteiger partial charge in [-0.1, -0.05) is 23.8 Å². The van der Waals surface area contributed by atoms with Gasteiger partial charge in [-0.15, -0.1) is 11.3 Å². The molecule has 3 aromatic rings. The number of hydrogen-bond donors (Lipinski definition) is 0. The molecule has 4 rings (SSSR count). The summed E-state index contributed by atoms with van der Waals surface area (Å²) in [5, 5.41) is 2.03. The Labute approximate surface area is 185 Å². The third-order valence-electron chi connectivity index (χ3n) is 5.83. The second-order valence-electron chi connectivity index (χ2n) is 7.96. The quantitative estimate of drug-likeness (QED) is 0.421. The van der Waals surface area contributed by atoms with E-state index in [4.69, 9.17) is 0 Å². The summed E-state index contributed by atoms with van der Waals surface area (Å²) in [5.41, 5.74) is 4.09. The minimum atomic E-state index is -0.644. The topological polar surface area (TPSA) is 62.6 Å². The summed E-state index contributed by atoms with van der Waals surface area (Å²) < 4.78 is 2.09. The number of amides is 3. The summed E-state index contributed by atoms with van der Waals surface area (Å²) in [6.45, 7) is 7.96. The highest BCUT2D eigenvalue weighted by atomic mass is 32.1. The lowest BCUT2D eigenvalue weighted by Gasteiger charge is -2.19. The van der Waals surface area contributed by atoms with Crippen molar-refractivity contribution in [3.8, 4) is 0 Å². The third-order valence-corrected chi connectivity index (χ3v) is 6.69. The zero-order valence-electron chi connectivity index (χ0n) is 18.1. The zero-order chi connectivity index (χ0) is 22.3. The van der Waals surface area contributed by atoms with Crippen LogP contribution in [0.2, 0.25) is 0 Å². The number of benzene rings is 1. The second kappa shape index (κ2) is 8.15. The SMILES string of the molecule is Cc1ccc(N2C(=O)N(CC(=O)c3cc(C)n(Cc4cccs4)c3C)C(=O)[C@H]2C)cc1. The molecule has 1 aromatic carbocycles. The van der Waals surface area contributed by atoms with Gasteiger partial charge >= 0.3 is 6.03 Å². The first-order valence-electron chi connectivity index (χ1n) is 10.2. The lowest BCUT2D eigenvalue weighted by atomic mass is 10.1. The number of carbonyl (C=O) groups excluding carboxylic acids is 3. The lowest BCUT2D eigenvalue weighted by molar-refractivity contribution is -0.126. The van der Waals surface area contributed by atoms with Crippen molar-refractivity contribution in [2.75, 3.05) is 11.4 Å². The van der Waals surface area contributed by atoms with Crippen molar-refractivity contribution in [1.82, 2.24) is 9.47 Å². The van der Waals surface area contributed by atoms with Crippen molar-refractivity contribution in [3.63, 3.8) is 0 Å². The van der Waals surface area contributed by atoms with Crippen molar-refractivity contribution >= 4 is 34.7 Å². The summed E-state index contributed by atoms with van der Waals surface area (Å²) in [4.78, 5) is 42.7. The lowest BCUT2D eigenvalue weighted by Crippen LogP contribution is -2.37. The molecule has 1 saturated heterocycles. The van der Waals surface area contributed by atoms with E-state index in [9.17, 15) is 14.4 Å². The maximum atomic E-state index is 13.1. The van der Waals surface area contributed by atoms with E-state index in [2.05, 4.69) is 10.6 Å². The average molecular weight is 436 g/mol. The van der Waals surface area contributed by atoms with E-state index in [1.165, 1.54) is 9.78 Å². The molecule has 0 N–H and O–H groups in total. The Hall–Kier alpha value is -3.19. The predicted octanol–water partition coefficient (Wildman–Crippen LogP) is 4.56. The molecule has 0 aliphatic carbocycles. The zero-order valence-corrected chi connectivity index (χ0v) is 18.9. The maximum Gasteiger partial charge on any atom is 0.332 e. The Balaban J connectivity index is 1.55. The van der Waals surface area contributed by atoms with Crippen LogP contribution in [0.4, 0.5) is 10.5 Å². The first kappa shape index (κ1) is 21.1. The molecule has 1 fully saturated rings. The minimum Gasteiger partial charge on any atom is -0.343 e. The van der Waals surface area contributed by atoms with Crippen LogP contribution < -0.4 is 4.90 Å². The van der Waals surface area contributed by atoms with Crippen molar-refractivity contribution in [1.29, 1.82) is 0 Å². The van der Waals surface area contributed by atoms with Crippen LogP contribution in [0.1, 0.15) is 39.1 Å². The van der Waals surface area contributed by atoms with E-state index in [0.29, 0.717) is 17.8 Å². The molecular weight excluding hydrogens is 410 g/mol. The largest absolute Gasteiger partial charge is 0.343 e. The number of thiophene rings is 1. The van der Waals surface area contributed by atoms with Gasteiger partial charge in [-0.3, -0.25) is 19.4 Å². The molecular formula is C24H25N3O3S. The standard InChI is InChI=1S/C24H25N3O3S/c1-15-7-9-19(10-8-15)27-18(4)23(29)26(24(27)30)14-22(28)21-12-16(2)25(17(21)3)13-20-6-5-11-31-20/h5-12,18H,13-14H2,1-4H3/t18-/m1/s1. The number of rotatable bonds is 6. The van der Waals surface area contributed by atoms with Crippen molar-refractivity contribution < 1.29 is 14.4 Å². The van der Waals surface area contributed by atoms with Gasteiger partial charge in [0.1, 0.15) is 6.04 Å². The summed E-state index contributed by atoms with van der Waals surface area (Å²) in [5.74, 6) is -0.587. The molecule has 3 amide bonds. The third kappa shape index (κ3) is 3.81. The number of hydrogen-bond acceptors (Lipinski definition) is 4. The Morgan fingerprint density at radius 3 is 2.42 bits per heavy atom. The van der Waals surface area contributed by atoms with E-state index < -0.39 is 12.1 Å². The first-order valence-corrected chi connectivity index (χ1v) is 11.1. The van der Waals surface area contributed by atoms with Crippen LogP contribution in [0.15, 0.2) is 47.8 Å². The molecule has 3 heterocycles. The fourth-order valence-electron chi connectivity index (χ4n) is 4.02. The van der Waals surface area contributed by atoms with Gasteiger partial charge in [-0.25, -0.2) is 4.79 Å². The molecule has 1 aliphatic rings. The molecule has 1 aliphatic heterocycles. The molecule has 31 heavy (non-hydrogen) atoms. The molecule has 7 heteroatoms. The van der Waals surface area contributed by atoms with E-state index >= 15 is 0 Å². The van der Waals surface area contributed by atoms with E-state index in [-0.39, 0.29) is 18.2 Å². The van der Waals surface area contributed by atoms with Crippen LogP contribution >= 0.6 is 11.3 Å². The number of nitrogens with zero attached hydrogens (tertiary/aromatic N) is 3. The normalized spacial score (nSPS) is 16.5. The number of ketones is 1. The Kier molecular flexibility index (Phi) is 5.54. The smallest absolute Gasteiger partial charge is 0.332 e. The fourth-order valence-corrected chi connectivity index (χ4v) is 4.72. The van der Waals surface area contributed by atoms with Gasteiger partial charge in [0, 0.05) is 27.5 Å². The maximum absolute atomic E-state index is 13.1. The van der Waals surface area contributed by atoms with Crippen molar-refractivity contribution in [3.05, 3.63) is 75.2 Å². The van der Waals surface area contributed by atoms with Crippen LogP contribution in [0.25, 0.3) is 0 Å². The molecule has 0 unspecified atom stereocenters. The van der Waals surface area contributed by atoms with Crippen LogP contribution in [-0.2, 0) is 11.3 Å². The van der Waals surface area contributed by atoms with Crippen LogP contribution in [0.5, 0.6) is 0 Å². The van der Waals surface area contributed by atoms with E-state index in [1.807, 2.05) is 62.5 Å². The first-order chi connectivity index (χ1) is 14.8. The van der Waals surface area contributed by atoms with Gasteiger partial charge in [0.15, 0.2) is 5.78 Å². The molecule has 2 aromatic heterocycles. The van der Waals surface area contributed by atoms with Crippen LogP contribution in [0, 0.1) is 20.8 Å². The number of urea groups is 1. The Bertz CT molecular complexity index is 1150. The second-order valence-corrected chi connectivity index (χ2v) is 8.99. The number of carbonyl (C=O) groups is 3. The molecule has 1 atom stereocenters. The Morgan fingerprint density at radius 2 is 1.77 bits per heavy atom. The average Bonchev–Trinajstić information content (AvgIpc) is 3.41. The molecule has 0 radical (unpaired) electrons. The number of imide groups is 1. The molecule has 0 bridgehead atoms. The Morgan fingerprint density at radius 1 is 1.06 bits per heavy atom. The monoisotopic (exact) mass is 435 g/mol. The van der Waals surface area contributed by atoms with Gasteiger partial charge in [0.05, 0.1) is 13.1 Å². The highest BCUT2D eigenvalue weighted by Gasteiger charge is 2.44. The molecule has 160 valence electrons. The number of aromatic nitrogens is 1. The summed E-state index contributed by atoms with van der Waals surface area (Å²) in [7, 11) is 0. The van der Waals surface area contributed by atoms with Crippen molar-refractivity contribution in [2.45, 2.75) is 40.3 Å². The fraction of sp³-hybridized carbons (Fsp3) is 0.292. The van der Waals surface area contributed by atoms with Gasteiger partial charge in [-0.2, -0.15) is 0 Å². The molecule has 0 spiro atoms. The van der Waals surface area contributed by atoms with Crippen LogP contribution in [-0.4, -0.2) is 39.8 Å². The highest BCUT2D eigenvalue weighted by molar-refractivity contribution is 7.09. The van der Waals surface area contributed by atoms with Gasteiger partial charge in [0.2, 0.25) is 0 Å². The van der Waals surface area contributed by atoms with E-state index in [1.54, 1.807) is 18.3 Å². The summed E-state index contributed by atoms with van der Waals surface area (Å²) >= 11 is 1.67. The highest BCUT2D eigenvalue weighted by Crippen LogP contribution is 2.27. The predicted molar refractivity (Wildman–Crippen MR) is 122 cm³/mol. The van der Waals surface area contributed by atoms with Gasteiger partial charge in [0.25, 0.3) is 5.91 Å². The molecule has 6 nitrogen and oxygen atoms in total. The van der Waals surface area contributed by atoms with Crippen molar-refractivity contribution in [2.24, 2.45) is 0 Å². The summed E-state index contributed by atoms with van der Waals surface area (Å²) in [6.07, 6.45) is 0. The summed E-state index contributed by atoms with van der Waals surface area (Å²) in [6, 6.07) is 12.3. The van der Waals surface area contributed by atoms with E-state index in [0.717, 1.165) is 21.9 Å².